The predicted octanol–water partition coefficient (Wildman–Crippen LogP) is -3.88. The fourth-order valence-electron chi connectivity index (χ4n) is 0. The number of hydrogen-bond donors (Lipinski definition) is 0. The zero-order chi connectivity index (χ0) is 8.08. The van der Waals surface area contributed by atoms with Crippen molar-refractivity contribution in [3.05, 3.63) is 0 Å². The summed E-state index contributed by atoms with van der Waals surface area (Å²) < 4.78 is 35.2. The monoisotopic (exact) mass is 188 g/mol. The molecular formula is O6S2Si-4. The Morgan fingerprint density at radius 2 is 1.33 bits per heavy atom. The van der Waals surface area contributed by atoms with Gasteiger partial charge in [-0.15, -0.1) is 9.05 Å². The van der Waals surface area contributed by atoms with Crippen molar-refractivity contribution in [2.75, 3.05) is 0 Å². The number of hydrogen-bond acceptors (Lipinski definition) is 7. The van der Waals surface area contributed by atoms with Gasteiger partial charge in [-0.1, -0.05) is 0 Å². The fraction of sp³-hybridized carbons (Fsp3) is 0. The predicted molar refractivity (Wildman–Crippen MR) is 23.5 cm³/mol. The minimum atomic E-state index is -4.33. The Balaban J connectivity index is 0. The molecule has 0 unspecified atom stereocenters. The standard InChI is InChI=1S/H2O3S2.O3Si/c1-5(2,3)4;1-4(2)3/h(H2,1,2,3,4);/q;-2/p-2. The Bertz CT molecular complexity index is 153. The van der Waals surface area contributed by atoms with E-state index in [9.17, 15) is 0 Å². The first kappa shape index (κ1) is 11.7. The minimum absolute atomic E-state index is 3.24. The Hall–Kier alpha value is -0.0931. The van der Waals surface area contributed by atoms with Crippen LogP contribution in [0.1, 0.15) is 0 Å². The summed E-state index contributed by atoms with van der Waals surface area (Å²) in [5.74, 6) is 0. The first-order valence-corrected chi connectivity index (χ1v) is 4.84. The summed E-state index contributed by atoms with van der Waals surface area (Å²) in [6.45, 7) is 0. The van der Waals surface area contributed by atoms with Crippen LogP contribution in [0.5, 0.6) is 0 Å². The molecule has 0 aliphatic rings. The molecule has 56 valence electrons. The van der Waals surface area contributed by atoms with Crippen LogP contribution in [-0.2, 0) is 24.7 Å². The average molecular weight is 188 g/mol. The molecule has 0 saturated heterocycles. The van der Waals surface area contributed by atoms with E-state index in [2.05, 4.69) is 11.2 Å². The third-order valence-corrected chi connectivity index (χ3v) is 0. The van der Waals surface area contributed by atoms with Crippen molar-refractivity contribution < 1.29 is 27.4 Å². The molecule has 0 saturated carbocycles. The molecule has 0 rings (SSSR count). The Morgan fingerprint density at radius 3 is 1.33 bits per heavy atom. The van der Waals surface area contributed by atoms with Gasteiger partial charge in [-0.2, -0.15) is 0 Å². The highest BCUT2D eigenvalue weighted by molar-refractivity contribution is 8.26. The van der Waals surface area contributed by atoms with Crippen LogP contribution in [0.2, 0.25) is 0 Å². The molecule has 0 N–H and O–H groups in total. The molecule has 0 atom stereocenters. The smallest absolute Gasteiger partial charge is 0.0172 e. The maximum Gasteiger partial charge on any atom is 0.0172 e. The minimum Gasteiger partial charge on any atom is -0.780 e. The largest absolute Gasteiger partial charge is 0.780 e. The molecule has 9 heavy (non-hydrogen) atoms. The molecule has 0 radical (unpaired) electrons. The van der Waals surface area contributed by atoms with E-state index in [1.807, 2.05) is 0 Å². The van der Waals surface area contributed by atoms with E-state index in [1.54, 1.807) is 0 Å². The van der Waals surface area contributed by atoms with Crippen molar-refractivity contribution in [2.45, 2.75) is 0 Å². The van der Waals surface area contributed by atoms with Crippen LogP contribution in [0.25, 0.3) is 0 Å². The second kappa shape index (κ2) is 4.75. The second-order valence-electron chi connectivity index (χ2n) is 0.658. The summed E-state index contributed by atoms with van der Waals surface area (Å²) >= 11 is 3.24. The summed E-state index contributed by atoms with van der Waals surface area (Å²) in [5.41, 5.74) is 0. The summed E-state index contributed by atoms with van der Waals surface area (Å²) in [4.78, 5) is 17.0. The van der Waals surface area contributed by atoms with Crippen molar-refractivity contribution >= 4 is 29.4 Å². The Morgan fingerprint density at radius 1 is 1.33 bits per heavy atom. The van der Waals surface area contributed by atoms with E-state index in [4.69, 9.17) is 27.4 Å². The van der Waals surface area contributed by atoms with Crippen molar-refractivity contribution in [3.8, 4) is 0 Å². The molecule has 0 heterocycles. The van der Waals surface area contributed by atoms with Crippen molar-refractivity contribution in [1.82, 2.24) is 0 Å². The van der Waals surface area contributed by atoms with Gasteiger partial charge < -0.3 is 23.2 Å². The number of rotatable bonds is 0. The molecular weight excluding hydrogens is 188 g/mol. The van der Waals surface area contributed by atoms with Gasteiger partial charge in [0.1, 0.15) is 0 Å². The lowest BCUT2D eigenvalue weighted by atomic mass is 15.8. The molecule has 0 bridgehead atoms. The van der Waals surface area contributed by atoms with Crippen LogP contribution in [-0.4, -0.2) is 22.5 Å². The quantitative estimate of drug-likeness (QED) is 0.356. The Labute approximate surface area is 57.4 Å². The highest BCUT2D eigenvalue weighted by atomic mass is 32.9. The second-order valence-corrected chi connectivity index (χ2v) is 3.20. The molecule has 0 aromatic rings. The Kier molecular flexibility index (Phi) is 6.17. The summed E-state index contributed by atoms with van der Waals surface area (Å²) in [6, 6.07) is 0. The summed E-state index contributed by atoms with van der Waals surface area (Å²) in [5, 5.41) is 0. The van der Waals surface area contributed by atoms with Gasteiger partial charge in [0.15, 0.2) is 0 Å². The van der Waals surface area contributed by atoms with Gasteiger partial charge in [-0.3, -0.25) is 4.21 Å². The van der Waals surface area contributed by atoms with E-state index in [0.717, 1.165) is 0 Å². The highest BCUT2D eigenvalue weighted by Gasteiger charge is 1.43. The topological polar surface area (TPSA) is 126 Å². The van der Waals surface area contributed by atoms with Crippen LogP contribution in [0.3, 0.4) is 0 Å². The lowest BCUT2D eigenvalue weighted by molar-refractivity contribution is -0.354. The average Bonchev–Trinajstić information content (AvgIpc) is 1.19. The van der Waals surface area contributed by atoms with Gasteiger partial charge >= 0.3 is 0 Å². The van der Waals surface area contributed by atoms with E-state index >= 15 is 0 Å². The molecule has 0 amide bonds. The summed E-state index contributed by atoms with van der Waals surface area (Å²) in [6.07, 6.45) is 0. The zero-order valence-corrected chi connectivity index (χ0v) is 6.40. The van der Waals surface area contributed by atoms with E-state index in [-0.39, 0.29) is 0 Å². The zero-order valence-electron chi connectivity index (χ0n) is 3.77. The fourth-order valence-corrected chi connectivity index (χ4v) is 0. The van der Waals surface area contributed by atoms with Crippen LogP contribution >= 0.6 is 0 Å². The first-order valence-electron chi connectivity index (χ1n) is 1.28. The van der Waals surface area contributed by atoms with Gasteiger partial charge in [0.05, 0.1) is 0 Å². The molecule has 9 heteroatoms. The van der Waals surface area contributed by atoms with E-state index in [1.165, 1.54) is 0 Å². The van der Waals surface area contributed by atoms with E-state index in [0.29, 0.717) is 0 Å². The SMILES string of the molecule is O=S([O-])([O-])=S.O=[Si]([O-])[O-]. The van der Waals surface area contributed by atoms with Crippen molar-refractivity contribution in [3.63, 3.8) is 0 Å². The molecule has 0 aliphatic carbocycles. The summed E-state index contributed by atoms with van der Waals surface area (Å²) in [7, 11) is -7.96. The van der Waals surface area contributed by atoms with Gasteiger partial charge in [0, 0.05) is 9.17 Å². The lowest BCUT2D eigenvalue weighted by Crippen LogP contribution is -2.34. The van der Waals surface area contributed by atoms with Gasteiger partial charge in [0.2, 0.25) is 0 Å². The van der Waals surface area contributed by atoms with Crippen molar-refractivity contribution in [2.24, 2.45) is 0 Å². The van der Waals surface area contributed by atoms with Gasteiger partial charge in [0.25, 0.3) is 0 Å². The maximum atomic E-state index is 8.89. The first-order chi connectivity index (χ1) is 3.73. The third kappa shape index (κ3) is 31800. The highest BCUT2D eigenvalue weighted by Crippen LogP contribution is 1.60. The molecule has 0 aromatic heterocycles. The molecule has 0 fully saturated rings. The maximum absolute atomic E-state index is 8.89. The van der Waals surface area contributed by atoms with Crippen LogP contribution in [0.15, 0.2) is 0 Å². The van der Waals surface area contributed by atoms with Crippen LogP contribution in [0.4, 0.5) is 0 Å². The van der Waals surface area contributed by atoms with Crippen LogP contribution in [0, 0.1) is 0 Å². The van der Waals surface area contributed by atoms with Gasteiger partial charge in [-0.25, -0.2) is 0 Å². The van der Waals surface area contributed by atoms with Crippen LogP contribution < -0.4 is 9.59 Å². The third-order valence-electron chi connectivity index (χ3n) is 0. The molecule has 0 spiro atoms. The molecule has 0 aromatic carbocycles. The normalized spacial score (nSPS) is 9.11. The van der Waals surface area contributed by atoms with Gasteiger partial charge in [-0.05, 0) is 11.2 Å². The van der Waals surface area contributed by atoms with E-state index < -0.39 is 18.2 Å². The molecule has 0 aliphatic heterocycles. The van der Waals surface area contributed by atoms with Crippen molar-refractivity contribution in [1.29, 1.82) is 0 Å². The molecule has 6 nitrogen and oxygen atoms in total. The lowest BCUT2D eigenvalue weighted by Gasteiger charge is -2.12.